The first-order valence-corrected chi connectivity index (χ1v) is 10.7. The summed E-state index contributed by atoms with van der Waals surface area (Å²) in [6.07, 6.45) is 0.250. The average Bonchev–Trinajstić information content (AvgIpc) is 3.04. The van der Waals surface area contributed by atoms with Gasteiger partial charge in [-0.15, -0.1) is 0 Å². The van der Waals surface area contributed by atoms with Gasteiger partial charge in [0.15, 0.2) is 6.17 Å². The van der Waals surface area contributed by atoms with E-state index in [2.05, 4.69) is 22.1 Å². The van der Waals surface area contributed by atoms with E-state index >= 15 is 0 Å². The number of carbonyl (C=O) groups excluding carboxylic acids is 2. The van der Waals surface area contributed by atoms with E-state index in [-0.39, 0.29) is 30.8 Å². The number of pyridine rings is 1. The summed E-state index contributed by atoms with van der Waals surface area (Å²) < 4.78 is 30.9. The fraction of sp³-hybridized carbons (Fsp3) is 0.458. The summed E-state index contributed by atoms with van der Waals surface area (Å²) in [5.74, 6) is 4.63. The molecule has 0 saturated carbocycles. The molecule has 0 radical (unpaired) electrons. The molecule has 0 aliphatic carbocycles. The molecule has 1 aliphatic rings. The molecule has 0 bridgehead atoms. The minimum absolute atomic E-state index is 0.0411. The van der Waals surface area contributed by atoms with E-state index in [9.17, 15) is 14.0 Å². The van der Waals surface area contributed by atoms with Crippen LogP contribution >= 0.6 is 0 Å². The van der Waals surface area contributed by atoms with Crippen LogP contribution in [-0.2, 0) is 9.53 Å². The second-order valence-corrected chi connectivity index (χ2v) is 8.04. The van der Waals surface area contributed by atoms with Gasteiger partial charge in [-0.25, -0.2) is 9.37 Å². The van der Waals surface area contributed by atoms with Gasteiger partial charge in [-0.3, -0.25) is 9.59 Å². The summed E-state index contributed by atoms with van der Waals surface area (Å²) in [7, 11) is 1.54. The van der Waals surface area contributed by atoms with Gasteiger partial charge < -0.3 is 25.3 Å². The number of aromatic nitrogens is 1. The van der Waals surface area contributed by atoms with Crippen LogP contribution in [0.3, 0.4) is 0 Å². The number of nitrogens with one attached hydrogen (secondary N) is 1. The Morgan fingerprint density at radius 2 is 2.09 bits per heavy atom. The summed E-state index contributed by atoms with van der Waals surface area (Å²) in [5, 5.41) is 3.79. The fourth-order valence-corrected chi connectivity index (χ4v) is 3.80. The number of fused-ring (bicyclic) bond motifs is 1. The van der Waals surface area contributed by atoms with E-state index < -0.39 is 29.9 Å². The van der Waals surface area contributed by atoms with E-state index in [1.807, 2.05) is 20.8 Å². The van der Waals surface area contributed by atoms with Crippen molar-refractivity contribution in [2.75, 3.05) is 20.3 Å². The quantitative estimate of drug-likeness (QED) is 0.589. The van der Waals surface area contributed by atoms with Gasteiger partial charge in [0.05, 0.1) is 23.3 Å². The number of hydrogen-bond acceptors (Lipinski definition) is 6. The molecule has 3 atom stereocenters. The lowest BCUT2D eigenvalue weighted by atomic mass is 9.97. The molecule has 1 aliphatic heterocycles. The molecule has 3 rings (SSSR count). The lowest BCUT2D eigenvalue weighted by Gasteiger charge is -2.19. The van der Waals surface area contributed by atoms with Crippen LogP contribution in [0.15, 0.2) is 18.3 Å². The highest BCUT2D eigenvalue weighted by atomic mass is 19.1. The smallest absolute Gasteiger partial charge is 0.255 e. The van der Waals surface area contributed by atoms with Gasteiger partial charge in [0.1, 0.15) is 19.0 Å². The monoisotopic (exact) mass is 457 g/mol. The number of amides is 2. The highest BCUT2D eigenvalue weighted by Gasteiger charge is 2.41. The standard InChI is InChI=1S/C24H28FN3O5/c1-5-15-19(28-23(30)21(15)25)12-32-24-17-10-20(33-13(2)3)18(22(26)29)9-16(17)14(11-27-24)7-6-8-31-4/h9-11,13,15,19,21H,5,8,12H2,1-4H3,(H2,26,29)(H,28,30)/t15-,19+,21-/m0/s1. The fourth-order valence-electron chi connectivity index (χ4n) is 3.80. The van der Waals surface area contributed by atoms with Crippen molar-refractivity contribution in [1.29, 1.82) is 0 Å². The number of halogens is 1. The van der Waals surface area contributed by atoms with Crippen LogP contribution in [0.5, 0.6) is 11.6 Å². The molecule has 2 amide bonds. The van der Waals surface area contributed by atoms with Gasteiger partial charge >= 0.3 is 0 Å². The van der Waals surface area contributed by atoms with E-state index in [1.54, 1.807) is 12.1 Å². The molecule has 1 aromatic heterocycles. The Morgan fingerprint density at radius 3 is 2.73 bits per heavy atom. The Kier molecular flexibility index (Phi) is 7.71. The van der Waals surface area contributed by atoms with Crippen LogP contribution in [0, 0.1) is 17.8 Å². The molecule has 2 aromatic rings. The highest BCUT2D eigenvalue weighted by molar-refractivity contribution is 6.03. The van der Waals surface area contributed by atoms with Crippen LogP contribution < -0.4 is 20.5 Å². The molecular weight excluding hydrogens is 429 g/mol. The van der Waals surface area contributed by atoms with Crippen molar-refractivity contribution >= 4 is 22.6 Å². The first-order chi connectivity index (χ1) is 15.8. The first-order valence-electron chi connectivity index (χ1n) is 10.7. The van der Waals surface area contributed by atoms with Crippen molar-refractivity contribution in [3.63, 3.8) is 0 Å². The van der Waals surface area contributed by atoms with Crippen LogP contribution in [0.25, 0.3) is 10.8 Å². The molecule has 8 nitrogen and oxygen atoms in total. The van der Waals surface area contributed by atoms with Gasteiger partial charge in [-0.1, -0.05) is 18.8 Å². The zero-order valence-corrected chi connectivity index (χ0v) is 19.1. The zero-order chi connectivity index (χ0) is 24.1. The molecule has 0 unspecified atom stereocenters. The number of carbonyl (C=O) groups is 2. The van der Waals surface area contributed by atoms with Gasteiger partial charge in [0.25, 0.3) is 11.8 Å². The molecule has 1 aromatic carbocycles. The number of methoxy groups -OCH3 is 1. The third-order valence-corrected chi connectivity index (χ3v) is 5.36. The summed E-state index contributed by atoms with van der Waals surface area (Å²) in [6, 6.07) is 2.76. The van der Waals surface area contributed by atoms with E-state index in [1.165, 1.54) is 13.3 Å². The minimum atomic E-state index is -1.56. The van der Waals surface area contributed by atoms with Gasteiger partial charge in [0, 0.05) is 30.0 Å². The van der Waals surface area contributed by atoms with E-state index in [0.717, 1.165) is 0 Å². The Hall–Kier alpha value is -3.38. The summed E-state index contributed by atoms with van der Waals surface area (Å²) in [5.41, 5.74) is 6.35. The summed E-state index contributed by atoms with van der Waals surface area (Å²) in [4.78, 5) is 28.2. The van der Waals surface area contributed by atoms with Crippen molar-refractivity contribution in [3.05, 3.63) is 29.5 Å². The second-order valence-electron chi connectivity index (χ2n) is 8.04. The van der Waals surface area contributed by atoms with Crippen molar-refractivity contribution in [1.82, 2.24) is 10.3 Å². The third-order valence-electron chi connectivity index (χ3n) is 5.36. The van der Waals surface area contributed by atoms with Gasteiger partial charge in [-0.2, -0.15) is 0 Å². The lowest BCUT2D eigenvalue weighted by Crippen LogP contribution is -2.34. The molecule has 33 heavy (non-hydrogen) atoms. The van der Waals surface area contributed by atoms with Crippen LogP contribution in [0.4, 0.5) is 4.39 Å². The molecule has 0 spiro atoms. The van der Waals surface area contributed by atoms with Gasteiger partial charge in [-0.05, 0) is 32.4 Å². The number of primary amides is 1. The van der Waals surface area contributed by atoms with Crippen LogP contribution in [-0.4, -0.2) is 55.4 Å². The number of nitrogens with two attached hydrogens (primary N) is 1. The van der Waals surface area contributed by atoms with Crippen LogP contribution in [0.1, 0.15) is 43.1 Å². The maximum atomic E-state index is 14.1. The number of ether oxygens (including phenoxy) is 3. The molecule has 9 heteroatoms. The third kappa shape index (κ3) is 5.34. The maximum absolute atomic E-state index is 14.1. The summed E-state index contributed by atoms with van der Waals surface area (Å²) in [6.45, 7) is 5.75. The largest absolute Gasteiger partial charge is 0.490 e. The Bertz CT molecular complexity index is 1110. The average molecular weight is 458 g/mol. The predicted molar refractivity (Wildman–Crippen MR) is 121 cm³/mol. The topological polar surface area (TPSA) is 113 Å². The zero-order valence-electron chi connectivity index (χ0n) is 19.1. The van der Waals surface area contributed by atoms with Crippen molar-refractivity contribution in [2.45, 2.75) is 45.5 Å². The Labute approximate surface area is 192 Å². The predicted octanol–water partition coefficient (Wildman–Crippen LogP) is 2.36. The summed E-state index contributed by atoms with van der Waals surface area (Å²) >= 11 is 0. The second kappa shape index (κ2) is 10.5. The molecule has 2 heterocycles. The Morgan fingerprint density at radius 1 is 1.33 bits per heavy atom. The molecular formula is C24H28FN3O5. The maximum Gasteiger partial charge on any atom is 0.255 e. The molecule has 1 saturated heterocycles. The van der Waals surface area contributed by atoms with E-state index in [4.69, 9.17) is 19.9 Å². The van der Waals surface area contributed by atoms with Crippen molar-refractivity contribution in [3.8, 4) is 23.5 Å². The van der Waals surface area contributed by atoms with Crippen LogP contribution in [0.2, 0.25) is 0 Å². The van der Waals surface area contributed by atoms with Crippen molar-refractivity contribution < 1.29 is 28.2 Å². The molecule has 3 N–H and O–H groups in total. The van der Waals surface area contributed by atoms with Crippen molar-refractivity contribution in [2.24, 2.45) is 11.7 Å². The van der Waals surface area contributed by atoms with Gasteiger partial charge in [0.2, 0.25) is 5.88 Å². The Balaban J connectivity index is 2.05. The SMILES string of the molecule is CC[C@@H]1[C@H](F)C(=O)N[C@@H]1COc1ncc(C#CCOC)c2cc(C(N)=O)c(OC(C)C)cc12. The first kappa shape index (κ1) is 24.3. The molecule has 1 fully saturated rings. The number of alkyl halides is 1. The lowest BCUT2D eigenvalue weighted by molar-refractivity contribution is -0.123. The minimum Gasteiger partial charge on any atom is -0.490 e. The van der Waals surface area contributed by atoms with E-state index in [0.29, 0.717) is 28.5 Å². The number of hydrogen-bond donors (Lipinski definition) is 2. The normalized spacial score (nSPS) is 19.8. The highest BCUT2D eigenvalue weighted by Crippen LogP contribution is 2.34. The number of nitrogens with zero attached hydrogens (tertiary/aromatic N) is 1. The number of benzene rings is 1. The molecule has 176 valence electrons. The number of rotatable bonds is 8.